The van der Waals surface area contributed by atoms with Gasteiger partial charge in [0.05, 0.1) is 18.1 Å². The largest absolute Gasteiger partial charge is 1.00 e. The van der Waals surface area contributed by atoms with Crippen LogP contribution < -0.4 is 56.5 Å². The number of aliphatic hydroxyl groups excluding tert-OH is 2. The molecule has 0 spiro atoms. The van der Waals surface area contributed by atoms with Crippen molar-refractivity contribution in [2.24, 2.45) is 29.6 Å². The Kier molecular flexibility index (Phi) is 12.8. The van der Waals surface area contributed by atoms with Gasteiger partial charge in [-0.3, -0.25) is 4.79 Å². The first-order valence-corrected chi connectivity index (χ1v) is 11.3. The average molecular weight is 461 g/mol. The molecule has 2 rings (SSSR count). The average Bonchev–Trinajstić information content (AvgIpc) is 2.65. The van der Waals surface area contributed by atoms with E-state index in [-0.39, 0.29) is 93.6 Å². The molecule has 2 N–H and O–H groups in total. The van der Waals surface area contributed by atoms with Crippen molar-refractivity contribution < 1.29 is 81.0 Å². The van der Waals surface area contributed by atoms with Gasteiger partial charge in [-0.25, -0.2) is 0 Å². The van der Waals surface area contributed by atoms with Gasteiger partial charge in [0.15, 0.2) is 0 Å². The first-order chi connectivity index (χ1) is 14.1. The van der Waals surface area contributed by atoms with Crippen molar-refractivity contribution in [3.8, 4) is 0 Å². The molecule has 0 fully saturated rings. The number of esters is 1. The van der Waals surface area contributed by atoms with Gasteiger partial charge < -0.3 is 24.9 Å². The summed E-state index contributed by atoms with van der Waals surface area (Å²) in [5.74, 6) is -0.705. The molecule has 8 atom stereocenters. The molecule has 0 unspecified atom stereocenters. The Morgan fingerprint density at radius 2 is 1.94 bits per heavy atom. The SMILES string of the molecule is CC[C@H](C)C(=O)O[C@H]1C[C@@H](C)C=C2C=C[C@H](C)[C@H](CC[C@@H](O)C[C@@H](O)CC(=O)[O-])[C@H]21.[K+]. The minimum Gasteiger partial charge on any atom is -0.550 e. The summed E-state index contributed by atoms with van der Waals surface area (Å²) in [5.41, 5.74) is 1.20. The van der Waals surface area contributed by atoms with E-state index in [1.54, 1.807) is 0 Å². The number of hydrogen-bond donors (Lipinski definition) is 2. The number of rotatable bonds is 10. The van der Waals surface area contributed by atoms with Crippen LogP contribution in [0.1, 0.15) is 66.2 Å². The summed E-state index contributed by atoms with van der Waals surface area (Å²) in [5, 5.41) is 30.7. The van der Waals surface area contributed by atoms with Crippen molar-refractivity contribution in [2.75, 3.05) is 0 Å². The smallest absolute Gasteiger partial charge is 0.550 e. The number of ether oxygens (including phenoxy) is 1. The van der Waals surface area contributed by atoms with Gasteiger partial charge >= 0.3 is 57.4 Å². The van der Waals surface area contributed by atoms with Gasteiger partial charge in [0, 0.05) is 18.3 Å². The number of carbonyl (C=O) groups is 2. The van der Waals surface area contributed by atoms with Crippen LogP contribution >= 0.6 is 0 Å². The van der Waals surface area contributed by atoms with Crippen molar-refractivity contribution in [3.05, 3.63) is 23.8 Å². The molecular formula is C24H37KO6. The Morgan fingerprint density at radius 1 is 1.26 bits per heavy atom. The Morgan fingerprint density at radius 3 is 2.55 bits per heavy atom. The number of aliphatic carboxylic acids is 1. The number of allylic oxidation sites excluding steroid dienone is 3. The van der Waals surface area contributed by atoms with Crippen LogP contribution in [-0.2, 0) is 14.3 Å². The molecule has 0 saturated heterocycles. The molecule has 6 nitrogen and oxygen atoms in total. The number of aliphatic hydroxyl groups is 2. The van der Waals surface area contributed by atoms with E-state index in [4.69, 9.17) is 4.74 Å². The van der Waals surface area contributed by atoms with Crippen molar-refractivity contribution in [2.45, 2.75) is 84.5 Å². The Balaban J connectivity index is 0.00000480. The van der Waals surface area contributed by atoms with E-state index in [1.807, 2.05) is 13.8 Å². The van der Waals surface area contributed by atoms with Crippen molar-refractivity contribution in [1.82, 2.24) is 0 Å². The number of carboxylic acids is 1. The van der Waals surface area contributed by atoms with E-state index in [9.17, 15) is 24.9 Å². The minimum atomic E-state index is -1.32. The van der Waals surface area contributed by atoms with Crippen molar-refractivity contribution in [3.63, 3.8) is 0 Å². The molecule has 0 aromatic heterocycles. The standard InChI is InChI=1S/C24H38O6.K/c1-5-15(3)24(29)30-21-11-14(2)10-17-7-6-16(4)20(23(17)21)9-8-18(25)12-19(26)13-22(27)28;/h6-7,10,14-16,18-21,23,25-26H,5,8-9,11-13H2,1-4H3,(H,27,28);/q;+1/p-1/t14-,15-,16-,18+,19+,20-,21-,23-;/m0./s1. The van der Waals surface area contributed by atoms with Crippen LogP contribution in [0, 0.1) is 29.6 Å². The van der Waals surface area contributed by atoms with E-state index in [1.165, 1.54) is 5.57 Å². The summed E-state index contributed by atoms with van der Waals surface area (Å²) in [6.45, 7) is 8.14. The quantitative estimate of drug-likeness (QED) is 0.333. The van der Waals surface area contributed by atoms with Gasteiger partial charge in [-0.15, -0.1) is 0 Å². The van der Waals surface area contributed by atoms with Crippen LogP contribution in [-0.4, -0.2) is 40.5 Å². The van der Waals surface area contributed by atoms with Crippen LogP contribution in [0.3, 0.4) is 0 Å². The molecule has 0 aliphatic heterocycles. The fourth-order valence-corrected chi connectivity index (χ4v) is 4.75. The van der Waals surface area contributed by atoms with E-state index in [0.717, 1.165) is 12.8 Å². The van der Waals surface area contributed by atoms with E-state index in [0.29, 0.717) is 18.8 Å². The van der Waals surface area contributed by atoms with E-state index in [2.05, 4.69) is 32.1 Å². The van der Waals surface area contributed by atoms with Crippen LogP contribution in [0.15, 0.2) is 23.8 Å². The maximum atomic E-state index is 12.5. The van der Waals surface area contributed by atoms with Crippen LogP contribution in [0.4, 0.5) is 0 Å². The molecule has 2 aliphatic carbocycles. The number of carbonyl (C=O) groups excluding carboxylic acids is 2. The third-order valence-electron chi connectivity index (χ3n) is 6.66. The summed E-state index contributed by atoms with van der Waals surface area (Å²) in [4.78, 5) is 23.1. The number of carboxylic acid groups (broad SMARTS) is 1. The first kappa shape index (κ1) is 29.0. The zero-order valence-corrected chi connectivity index (χ0v) is 22.7. The molecule has 0 amide bonds. The van der Waals surface area contributed by atoms with Gasteiger partial charge in [0.2, 0.25) is 0 Å². The Hall–Kier alpha value is -0.0236. The predicted molar refractivity (Wildman–Crippen MR) is 112 cm³/mol. The van der Waals surface area contributed by atoms with Crippen molar-refractivity contribution >= 4 is 11.9 Å². The monoisotopic (exact) mass is 460 g/mol. The Labute approximate surface area is 228 Å². The maximum absolute atomic E-state index is 12.5. The molecule has 0 aromatic rings. The molecule has 0 aromatic carbocycles. The van der Waals surface area contributed by atoms with Crippen molar-refractivity contribution in [1.29, 1.82) is 0 Å². The van der Waals surface area contributed by atoms with Gasteiger partial charge in [-0.2, -0.15) is 0 Å². The van der Waals surface area contributed by atoms with Gasteiger partial charge in [0.1, 0.15) is 6.10 Å². The molecule has 2 aliphatic rings. The third kappa shape index (κ3) is 8.68. The summed E-state index contributed by atoms with van der Waals surface area (Å²) in [6.07, 6.45) is 6.75. The normalized spacial score (nSPS) is 30.3. The van der Waals surface area contributed by atoms with Gasteiger partial charge in [0.25, 0.3) is 0 Å². The molecule has 31 heavy (non-hydrogen) atoms. The molecule has 0 bridgehead atoms. The molecular weight excluding hydrogens is 423 g/mol. The first-order valence-electron chi connectivity index (χ1n) is 11.3. The third-order valence-corrected chi connectivity index (χ3v) is 6.66. The van der Waals surface area contributed by atoms with Gasteiger partial charge in [-0.1, -0.05) is 45.9 Å². The second-order valence-corrected chi connectivity index (χ2v) is 9.27. The zero-order chi connectivity index (χ0) is 22.4. The summed E-state index contributed by atoms with van der Waals surface area (Å²) < 4.78 is 5.99. The molecule has 0 heterocycles. The maximum Gasteiger partial charge on any atom is 1.00 e. The van der Waals surface area contributed by atoms with Gasteiger partial charge in [-0.05, 0) is 55.4 Å². The summed E-state index contributed by atoms with van der Waals surface area (Å²) in [7, 11) is 0. The predicted octanol–water partition coefficient (Wildman–Crippen LogP) is -0.615. The molecule has 170 valence electrons. The zero-order valence-electron chi connectivity index (χ0n) is 19.6. The molecule has 7 heteroatoms. The summed E-state index contributed by atoms with van der Waals surface area (Å²) in [6, 6.07) is 0. The minimum absolute atomic E-state index is 0. The summed E-state index contributed by atoms with van der Waals surface area (Å²) >= 11 is 0. The fraction of sp³-hybridized carbons (Fsp3) is 0.750. The van der Waals surface area contributed by atoms with Crippen LogP contribution in [0.5, 0.6) is 0 Å². The molecule has 0 saturated carbocycles. The van der Waals surface area contributed by atoms with Crippen LogP contribution in [0.2, 0.25) is 0 Å². The second-order valence-electron chi connectivity index (χ2n) is 9.27. The van der Waals surface area contributed by atoms with E-state index < -0.39 is 24.6 Å². The molecule has 0 radical (unpaired) electrons. The number of fused-ring (bicyclic) bond motifs is 1. The van der Waals surface area contributed by atoms with E-state index >= 15 is 0 Å². The second kappa shape index (κ2) is 13.6. The fourth-order valence-electron chi connectivity index (χ4n) is 4.75. The van der Waals surface area contributed by atoms with Crippen LogP contribution in [0.25, 0.3) is 0 Å². The topological polar surface area (TPSA) is 107 Å². The number of hydrogen-bond acceptors (Lipinski definition) is 6. The Bertz CT molecular complexity index is 660.